The lowest BCUT2D eigenvalue weighted by Gasteiger charge is -2.07. The number of ether oxygens (including phenoxy) is 1. The molecule has 1 aliphatic carbocycles. The molecule has 3 aromatic rings. The fourth-order valence-corrected chi connectivity index (χ4v) is 3.74. The zero-order chi connectivity index (χ0) is 20.5. The van der Waals surface area contributed by atoms with Gasteiger partial charge in [0.25, 0.3) is 0 Å². The second-order valence-electron chi connectivity index (χ2n) is 7.19. The van der Waals surface area contributed by atoms with Crippen LogP contribution in [-0.4, -0.2) is 18.2 Å². The van der Waals surface area contributed by atoms with Gasteiger partial charge in [0.1, 0.15) is 5.75 Å². The van der Waals surface area contributed by atoms with Crippen molar-refractivity contribution in [2.24, 2.45) is 0 Å². The van der Waals surface area contributed by atoms with Crippen molar-refractivity contribution < 1.29 is 14.3 Å². The smallest absolute Gasteiger partial charge is 0.159 e. The molecule has 0 bridgehead atoms. The second kappa shape index (κ2) is 7.51. The van der Waals surface area contributed by atoms with Crippen molar-refractivity contribution in [3.8, 4) is 16.9 Å². The van der Waals surface area contributed by atoms with E-state index in [-0.39, 0.29) is 11.6 Å². The van der Waals surface area contributed by atoms with Gasteiger partial charge >= 0.3 is 0 Å². The van der Waals surface area contributed by atoms with Gasteiger partial charge in [-0.05, 0) is 84.5 Å². The maximum atomic E-state index is 11.9. The van der Waals surface area contributed by atoms with Crippen molar-refractivity contribution in [1.82, 2.24) is 0 Å². The Balaban J connectivity index is 1.89. The number of Topliss-reactive ketones (excluding diaryl/α,β-unsaturated/α-hetero) is 2. The molecule has 0 saturated carbocycles. The van der Waals surface area contributed by atoms with Gasteiger partial charge in [-0.1, -0.05) is 36.4 Å². The van der Waals surface area contributed by atoms with Crippen LogP contribution in [0.25, 0.3) is 22.8 Å². The molecule has 0 saturated heterocycles. The minimum atomic E-state index is 0.0357. The predicted molar refractivity (Wildman–Crippen MR) is 116 cm³/mol. The van der Waals surface area contributed by atoms with Crippen molar-refractivity contribution in [3.05, 3.63) is 88.5 Å². The number of hydrogen-bond acceptors (Lipinski definition) is 3. The molecule has 0 aromatic heterocycles. The summed E-state index contributed by atoms with van der Waals surface area (Å²) in [5, 5.41) is 0. The Bertz CT molecular complexity index is 1090. The standard InChI is InChI=1S/C26H22O3/c1-4-29-21-9-5-18(6-10-21)13-24-25-14-19(16(2)27)7-11-22(25)23-12-8-20(17(3)28)15-26(23)24/h5-15H,4H2,1-3H3. The van der Waals surface area contributed by atoms with Crippen LogP contribution in [-0.2, 0) is 0 Å². The molecule has 0 spiro atoms. The van der Waals surface area contributed by atoms with Crippen LogP contribution in [0.15, 0.2) is 60.7 Å². The summed E-state index contributed by atoms with van der Waals surface area (Å²) in [5.41, 5.74) is 7.61. The Hall–Kier alpha value is -3.46. The number of carbonyl (C=O) groups is 2. The molecule has 0 fully saturated rings. The average molecular weight is 382 g/mol. The van der Waals surface area contributed by atoms with Crippen molar-refractivity contribution in [3.63, 3.8) is 0 Å². The van der Waals surface area contributed by atoms with E-state index in [1.54, 1.807) is 13.8 Å². The van der Waals surface area contributed by atoms with Gasteiger partial charge in [-0.3, -0.25) is 9.59 Å². The van der Waals surface area contributed by atoms with Crippen molar-refractivity contribution in [2.45, 2.75) is 20.8 Å². The molecule has 0 atom stereocenters. The molecule has 29 heavy (non-hydrogen) atoms. The Labute approximate surface area is 170 Å². The highest BCUT2D eigenvalue weighted by molar-refractivity contribution is 6.09. The monoisotopic (exact) mass is 382 g/mol. The molecule has 1 aliphatic rings. The number of hydrogen-bond donors (Lipinski definition) is 0. The second-order valence-corrected chi connectivity index (χ2v) is 7.19. The third-order valence-corrected chi connectivity index (χ3v) is 5.22. The highest BCUT2D eigenvalue weighted by Crippen LogP contribution is 2.46. The van der Waals surface area contributed by atoms with E-state index >= 15 is 0 Å². The van der Waals surface area contributed by atoms with Crippen LogP contribution >= 0.6 is 0 Å². The van der Waals surface area contributed by atoms with E-state index in [0.717, 1.165) is 39.1 Å². The molecular formula is C26H22O3. The van der Waals surface area contributed by atoms with Gasteiger partial charge in [-0.25, -0.2) is 0 Å². The summed E-state index contributed by atoms with van der Waals surface area (Å²) < 4.78 is 5.53. The normalized spacial score (nSPS) is 11.6. The third kappa shape index (κ3) is 3.52. The molecule has 144 valence electrons. The van der Waals surface area contributed by atoms with E-state index in [9.17, 15) is 9.59 Å². The van der Waals surface area contributed by atoms with E-state index in [2.05, 4.69) is 6.08 Å². The first-order valence-corrected chi connectivity index (χ1v) is 9.73. The van der Waals surface area contributed by atoms with Crippen LogP contribution in [0, 0.1) is 0 Å². The zero-order valence-corrected chi connectivity index (χ0v) is 16.8. The molecule has 0 unspecified atom stereocenters. The van der Waals surface area contributed by atoms with E-state index < -0.39 is 0 Å². The molecule has 3 heteroatoms. The SMILES string of the molecule is CCOc1ccc(C=C2c3cc(C(C)=O)ccc3-c3ccc(C(C)=O)cc32)cc1. The average Bonchev–Trinajstić information content (AvgIpc) is 3.02. The third-order valence-electron chi connectivity index (χ3n) is 5.22. The van der Waals surface area contributed by atoms with Gasteiger partial charge in [0.05, 0.1) is 6.61 Å². The maximum absolute atomic E-state index is 11.9. The topological polar surface area (TPSA) is 43.4 Å². The minimum absolute atomic E-state index is 0.0357. The van der Waals surface area contributed by atoms with E-state index in [4.69, 9.17) is 4.74 Å². The fourth-order valence-electron chi connectivity index (χ4n) is 3.74. The lowest BCUT2D eigenvalue weighted by molar-refractivity contribution is 0.100. The van der Waals surface area contributed by atoms with Crippen molar-refractivity contribution in [2.75, 3.05) is 6.61 Å². The molecule has 0 amide bonds. The molecule has 0 aliphatic heterocycles. The van der Waals surface area contributed by atoms with Gasteiger partial charge in [-0.15, -0.1) is 0 Å². The van der Waals surface area contributed by atoms with Gasteiger partial charge in [-0.2, -0.15) is 0 Å². The molecular weight excluding hydrogens is 360 g/mol. The van der Waals surface area contributed by atoms with Crippen LogP contribution in [0.2, 0.25) is 0 Å². The fraction of sp³-hybridized carbons (Fsp3) is 0.154. The summed E-state index contributed by atoms with van der Waals surface area (Å²) in [6.45, 7) is 5.74. The summed E-state index contributed by atoms with van der Waals surface area (Å²) >= 11 is 0. The van der Waals surface area contributed by atoms with Gasteiger partial charge in [0, 0.05) is 11.1 Å². The van der Waals surface area contributed by atoms with Crippen LogP contribution in [0.5, 0.6) is 5.75 Å². The van der Waals surface area contributed by atoms with Gasteiger partial charge in [0.15, 0.2) is 11.6 Å². The Morgan fingerprint density at radius 1 is 0.759 bits per heavy atom. The summed E-state index contributed by atoms with van der Waals surface area (Å²) in [6, 6.07) is 19.5. The molecule has 3 nitrogen and oxygen atoms in total. The van der Waals surface area contributed by atoms with Crippen LogP contribution in [0.1, 0.15) is 58.2 Å². The minimum Gasteiger partial charge on any atom is -0.494 e. The number of ketones is 2. The number of fused-ring (bicyclic) bond motifs is 3. The summed E-state index contributed by atoms with van der Waals surface area (Å²) in [6.07, 6.45) is 2.11. The van der Waals surface area contributed by atoms with Crippen LogP contribution < -0.4 is 4.74 Å². The molecule has 4 rings (SSSR count). The maximum Gasteiger partial charge on any atom is 0.159 e. The van der Waals surface area contributed by atoms with Gasteiger partial charge < -0.3 is 4.74 Å². The Kier molecular flexibility index (Phi) is 4.89. The Morgan fingerprint density at radius 2 is 1.28 bits per heavy atom. The zero-order valence-electron chi connectivity index (χ0n) is 16.8. The number of carbonyl (C=O) groups excluding carboxylic acids is 2. The van der Waals surface area contributed by atoms with Crippen molar-refractivity contribution >= 4 is 23.2 Å². The molecule has 0 N–H and O–H groups in total. The Morgan fingerprint density at radius 3 is 1.72 bits per heavy atom. The van der Waals surface area contributed by atoms with Crippen molar-refractivity contribution in [1.29, 1.82) is 0 Å². The summed E-state index contributed by atoms with van der Waals surface area (Å²) in [5.74, 6) is 0.904. The van der Waals surface area contributed by atoms with E-state index in [1.807, 2.05) is 67.6 Å². The molecule has 0 radical (unpaired) electrons. The lowest BCUT2D eigenvalue weighted by atomic mass is 9.97. The first-order chi connectivity index (χ1) is 14.0. The molecule has 3 aromatic carbocycles. The highest BCUT2D eigenvalue weighted by atomic mass is 16.5. The first kappa shape index (κ1) is 18.9. The number of rotatable bonds is 5. The van der Waals surface area contributed by atoms with Crippen LogP contribution in [0.4, 0.5) is 0 Å². The molecule has 0 heterocycles. The lowest BCUT2D eigenvalue weighted by Crippen LogP contribution is -1.94. The highest BCUT2D eigenvalue weighted by Gasteiger charge is 2.25. The number of benzene rings is 3. The summed E-state index contributed by atoms with van der Waals surface area (Å²) in [7, 11) is 0. The van der Waals surface area contributed by atoms with Gasteiger partial charge in [0.2, 0.25) is 0 Å². The predicted octanol–water partition coefficient (Wildman–Crippen LogP) is 6.06. The van der Waals surface area contributed by atoms with E-state index in [1.165, 1.54) is 0 Å². The summed E-state index contributed by atoms with van der Waals surface area (Å²) in [4.78, 5) is 23.9. The first-order valence-electron chi connectivity index (χ1n) is 9.73. The quantitative estimate of drug-likeness (QED) is 0.394. The largest absolute Gasteiger partial charge is 0.494 e. The van der Waals surface area contributed by atoms with Crippen LogP contribution in [0.3, 0.4) is 0 Å². The van der Waals surface area contributed by atoms with E-state index in [0.29, 0.717) is 17.7 Å².